The molecule has 0 aliphatic rings. The quantitative estimate of drug-likeness (QED) is 0.191. The Morgan fingerprint density at radius 3 is 2.47 bits per heavy atom. The van der Waals surface area contributed by atoms with E-state index in [4.69, 9.17) is 9.47 Å². The molecule has 0 saturated heterocycles. The zero-order valence-electron chi connectivity index (χ0n) is 16.7. The number of rotatable bonds is 7. The van der Waals surface area contributed by atoms with Crippen LogP contribution >= 0.6 is 0 Å². The Balaban J connectivity index is 1.73. The van der Waals surface area contributed by atoms with Crippen LogP contribution in [0, 0.1) is 10.1 Å². The van der Waals surface area contributed by atoms with Gasteiger partial charge < -0.3 is 14.6 Å². The Morgan fingerprint density at radius 1 is 1.09 bits per heavy atom. The molecule has 0 saturated carbocycles. The maximum absolute atomic E-state index is 12.3. The average Bonchev–Trinajstić information content (AvgIpc) is 2.80. The van der Waals surface area contributed by atoms with Crippen molar-refractivity contribution in [3.05, 3.63) is 93.5 Å². The third-order valence-corrected chi connectivity index (χ3v) is 4.24. The van der Waals surface area contributed by atoms with Crippen LogP contribution in [0.15, 0.2) is 71.8 Å². The number of para-hydroxylation sites is 1. The van der Waals surface area contributed by atoms with E-state index in [-0.39, 0.29) is 28.2 Å². The van der Waals surface area contributed by atoms with E-state index in [1.165, 1.54) is 49.7 Å². The van der Waals surface area contributed by atoms with Crippen LogP contribution < -0.4 is 14.9 Å². The van der Waals surface area contributed by atoms with E-state index >= 15 is 0 Å². The first kappa shape index (κ1) is 22.0. The van der Waals surface area contributed by atoms with Gasteiger partial charge in [0, 0.05) is 11.6 Å². The van der Waals surface area contributed by atoms with Crippen molar-refractivity contribution in [3.8, 4) is 17.2 Å². The second kappa shape index (κ2) is 9.85. The average molecular weight is 435 g/mol. The van der Waals surface area contributed by atoms with Gasteiger partial charge in [-0.25, -0.2) is 10.2 Å². The number of aromatic hydroxyl groups is 1. The number of nitrogens with one attached hydrogen (secondary N) is 1. The fourth-order valence-electron chi connectivity index (χ4n) is 2.62. The van der Waals surface area contributed by atoms with E-state index in [1.807, 2.05) is 0 Å². The number of carbonyl (C=O) groups excluding carboxylic acids is 2. The van der Waals surface area contributed by atoms with Crippen molar-refractivity contribution in [2.45, 2.75) is 0 Å². The van der Waals surface area contributed by atoms with E-state index in [0.717, 1.165) is 6.07 Å². The van der Waals surface area contributed by atoms with Crippen molar-refractivity contribution < 1.29 is 29.1 Å². The third kappa shape index (κ3) is 5.25. The Morgan fingerprint density at radius 2 is 1.81 bits per heavy atom. The summed E-state index contributed by atoms with van der Waals surface area (Å²) >= 11 is 0. The first-order valence-electron chi connectivity index (χ1n) is 9.15. The number of nitrogens with zero attached hydrogens (tertiary/aromatic N) is 2. The molecule has 0 unspecified atom stereocenters. The van der Waals surface area contributed by atoms with Crippen LogP contribution in [0.2, 0.25) is 0 Å². The number of carbonyl (C=O) groups is 2. The molecule has 1 amide bonds. The number of ether oxygens (including phenoxy) is 2. The Kier molecular flexibility index (Phi) is 6.76. The van der Waals surface area contributed by atoms with Crippen LogP contribution in [-0.2, 0) is 0 Å². The van der Waals surface area contributed by atoms with Gasteiger partial charge >= 0.3 is 11.7 Å². The van der Waals surface area contributed by atoms with Crippen LogP contribution in [0.4, 0.5) is 5.69 Å². The number of phenolic OH excluding ortho intramolecular Hbond substituents is 1. The minimum Gasteiger partial charge on any atom is -0.507 e. The largest absolute Gasteiger partial charge is 0.507 e. The first-order chi connectivity index (χ1) is 15.4. The van der Waals surface area contributed by atoms with E-state index in [2.05, 4.69) is 10.5 Å². The number of benzene rings is 3. The van der Waals surface area contributed by atoms with Gasteiger partial charge in [-0.2, -0.15) is 5.10 Å². The van der Waals surface area contributed by atoms with Crippen molar-refractivity contribution in [2.24, 2.45) is 5.10 Å². The molecular formula is C22H17N3O7. The van der Waals surface area contributed by atoms with Gasteiger partial charge in [0.15, 0.2) is 0 Å². The minimum absolute atomic E-state index is 0.0245. The van der Waals surface area contributed by atoms with Gasteiger partial charge in [-0.15, -0.1) is 0 Å². The van der Waals surface area contributed by atoms with Gasteiger partial charge in [-0.05, 0) is 48.5 Å². The highest BCUT2D eigenvalue weighted by Gasteiger charge is 2.19. The lowest BCUT2D eigenvalue weighted by Gasteiger charge is -2.06. The van der Waals surface area contributed by atoms with E-state index in [9.17, 15) is 24.8 Å². The SMILES string of the molecule is COc1ccc(C(=O)Oc2ccc(C=NNC(=O)c3ccccc3O)cc2[N+](=O)[O-])cc1. The molecule has 10 heteroatoms. The predicted molar refractivity (Wildman–Crippen MR) is 114 cm³/mol. The molecule has 3 rings (SSSR count). The first-order valence-corrected chi connectivity index (χ1v) is 9.15. The maximum Gasteiger partial charge on any atom is 0.343 e. The summed E-state index contributed by atoms with van der Waals surface area (Å²) < 4.78 is 10.2. The van der Waals surface area contributed by atoms with Crippen molar-refractivity contribution in [3.63, 3.8) is 0 Å². The molecule has 2 N–H and O–H groups in total. The molecule has 0 spiro atoms. The number of hydrogen-bond acceptors (Lipinski definition) is 8. The summed E-state index contributed by atoms with van der Waals surface area (Å²) in [5.41, 5.74) is 2.26. The van der Waals surface area contributed by atoms with Crippen LogP contribution in [0.5, 0.6) is 17.2 Å². The van der Waals surface area contributed by atoms with Crippen LogP contribution in [0.25, 0.3) is 0 Å². The molecular weight excluding hydrogens is 418 g/mol. The topological polar surface area (TPSA) is 140 Å². The monoisotopic (exact) mass is 435 g/mol. The molecule has 0 aromatic heterocycles. The smallest absolute Gasteiger partial charge is 0.343 e. The highest BCUT2D eigenvalue weighted by Crippen LogP contribution is 2.28. The number of amides is 1. The summed E-state index contributed by atoms with van der Waals surface area (Å²) in [5, 5.41) is 24.8. The van der Waals surface area contributed by atoms with E-state index in [0.29, 0.717) is 5.75 Å². The summed E-state index contributed by atoms with van der Waals surface area (Å²) in [5.74, 6) is -1.33. The zero-order valence-corrected chi connectivity index (χ0v) is 16.7. The number of nitro benzene ring substituents is 1. The number of phenols is 1. The van der Waals surface area contributed by atoms with Gasteiger partial charge in [0.25, 0.3) is 5.91 Å². The molecule has 162 valence electrons. The predicted octanol–water partition coefficient (Wildman–Crippen LogP) is 3.29. The molecule has 0 heterocycles. The second-order valence-electron chi connectivity index (χ2n) is 6.32. The summed E-state index contributed by atoms with van der Waals surface area (Å²) in [7, 11) is 1.48. The van der Waals surface area contributed by atoms with Gasteiger partial charge in [0.1, 0.15) is 11.5 Å². The van der Waals surface area contributed by atoms with Gasteiger partial charge in [0.2, 0.25) is 5.75 Å². The molecule has 0 radical (unpaired) electrons. The van der Waals surface area contributed by atoms with E-state index < -0.39 is 22.5 Å². The summed E-state index contributed by atoms with van der Waals surface area (Å²) in [4.78, 5) is 35.1. The highest BCUT2D eigenvalue weighted by molar-refractivity contribution is 5.97. The van der Waals surface area contributed by atoms with Crippen molar-refractivity contribution in [1.82, 2.24) is 5.43 Å². The van der Waals surface area contributed by atoms with Crippen molar-refractivity contribution >= 4 is 23.8 Å². The fourth-order valence-corrected chi connectivity index (χ4v) is 2.62. The normalized spacial score (nSPS) is 10.5. The number of hydrogen-bond donors (Lipinski definition) is 2. The highest BCUT2D eigenvalue weighted by atomic mass is 16.6. The van der Waals surface area contributed by atoms with Gasteiger partial charge in [-0.1, -0.05) is 12.1 Å². The molecule has 32 heavy (non-hydrogen) atoms. The van der Waals surface area contributed by atoms with Gasteiger partial charge in [0.05, 0.1) is 29.4 Å². The lowest BCUT2D eigenvalue weighted by molar-refractivity contribution is -0.385. The molecule has 3 aromatic carbocycles. The molecule has 0 bridgehead atoms. The molecule has 10 nitrogen and oxygen atoms in total. The minimum atomic E-state index is -0.771. The second-order valence-corrected chi connectivity index (χ2v) is 6.32. The summed E-state index contributed by atoms with van der Waals surface area (Å²) in [6.07, 6.45) is 1.18. The number of nitro groups is 1. The van der Waals surface area contributed by atoms with E-state index in [1.54, 1.807) is 24.3 Å². The lowest BCUT2D eigenvalue weighted by Crippen LogP contribution is -2.17. The summed E-state index contributed by atoms with van der Waals surface area (Å²) in [6, 6.07) is 15.8. The van der Waals surface area contributed by atoms with Crippen molar-refractivity contribution in [2.75, 3.05) is 7.11 Å². The number of hydrazone groups is 1. The maximum atomic E-state index is 12.3. The Bertz CT molecular complexity index is 1190. The Hall–Kier alpha value is -4.73. The molecule has 0 aliphatic carbocycles. The van der Waals surface area contributed by atoms with Gasteiger partial charge in [-0.3, -0.25) is 14.9 Å². The van der Waals surface area contributed by atoms with Crippen LogP contribution in [-0.4, -0.2) is 35.2 Å². The lowest BCUT2D eigenvalue weighted by atomic mass is 10.2. The fraction of sp³-hybridized carbons (Fsp3) is 0.0455. The van der Waals surface area contributed by atoms with Crippen molar-refractivity contribution in [1.29, 1.82) is 0 Å². The third-order valence-electron chi connectivity index (χ3n) is 4.24. The zero-order chi connectivity index (χ0) is 23.1. The molecule has 0 fully saturated rings. The summed E-state index contributed by atoms with van der Waals surface area (Å²) in [6.45, 7) is 0. The molecule has 0 aliphatic heterocycles. The van der Waals surface area contributed by atoms with Crippen LogP contribution in [0.1, 0.15) is 26.3 Å². The standard InChI is InChI=1S/C22H17N3O7/c1-31-16-9-7-15(8-10-16)22(28)32-20-11-6-14(12-18(20)25(29)30)13-23-24-21(27)17-4-2-3-5-19(17)26/h2-13,26H,1H3,(H,24,27). The number of esters is 1. The molecule has 3 aromatic rings. The number of methoxy groups -OCH3 is 1. The van der Waals surface area contributed by atoms with Crippen LogP contribution in [0.3, 0.4) is 0 Å². The molecule has 0 atom stereocenters. The Labute approximate surface area is 181 Å².